The number of aryl methyl sites for hydroxylation is 1. The van der Waals surface area contributed by atoms with Crippen molar-refractivity contribution >= 4 is 28.5 Å². The summed E-state index contributed by atoms with van der Waals surface area (Å²) in [6.07, 6.45) is 1.57. The quantitative estimate of drug-likeness (QED) is 0.686. The van der Waals surface area contributed by atoms with Crippen LogP contribution in [0.5, 0.6) is 0 Å². The van der Waals surface area contributed by atoms with Crippen LogP contribution in [0.15, 0.2) is 46.9 Å². The van der Waals surface area contributed by atoms with Crippen LogP contribution in [0.1, 0.15) is 41.1 Å². The lowest BCUT2D eigenvalue weighted by molar-refractivity contribution is -0.116. The van der Waals surface area contributed by atoms with Crippen molar-refractivity contribution in [3.05, 3.63) is 64.9 Å². The minimum Gasteiger partial charge on any atom is -0.461 e. The molecular formula is C23H24N2O3. The van der Waals surface area contributed by atoms with Gasteiger partial charge in [0.25, 0.3) is 5.91 Å². The highest BCUT2D eigenvalue weighted by Gasteiger charge is 2.24. The molecule has 28 heavy (non-hydrogen) atoms. The number of hydrogen-bond donors (Lipinski definition) is 0. The molecule has 5 heteroatoms. The Morgan fingerprint density at radius 1 is 1.18 bits per heavy atom. The highest BCUT2D eigenvalue weighted by Crippen LogP contribution is 2.30. The number of fused-ring (bicyclic) bond motifs is 2. The van der Waals surface area contributed by atoms with Gasteiger partial charge in [-0.25, -0.2) is 0 Å². The third-order valence-electron chi connectivity index (χ3n) is 5.45. The van der Waals surface area contributed by atoms with Gasteiger partial charge < -0.3 is 14.2 Å². The molecule has 2 aromatic carbocycles. The predicted molar refractivity (Wildman–Crippen MR) is 110 cm³/mol. The molecule has 0 spiro atoms. The monoisotopic (exact) mass is 376 g/mol. The fourth-order valence-electron chi connectivity index (χ4n) is 4.00. The molecular weight excluding hydrogens is 352 g/mol. The van der Waals surface area contributed by atoms with Gasteiger partial charge in [0.05, 0.1) is 0 Å². The average Bonchev–Trinajstić information content (AvgIpc) is 3.28. The maximum absolute atomic E-state index is 13.0. The summed E-state index contributed by atoms with van der Waals surface area (Å²) in [4.78, 5) is 28.3. The zero-order valence-corrected chi connectivity index (χ0v) is 16.5. The lowest BCUT2D eigenvalue weighted by Gasteiger charge is -2.19. The molecule has 1 aliphatic heterocycles. The van der Waals surface area contributed by atoms with Gasteiger partial charge in [-0.1, -0.05) is 25.1 Å². The molecule has 3 aromatic rings. The Morgan fingerprint density at radius 2 is 1.96 bits per heavy atom. The molecule has 1 aliphatic rings. The van der Waals surface area contributed by atoms with E-state index < -0.39 is 0 Å². The van der Waals surface area contributed by atoms with Crippen LogP contribution in [0.25, 0.3) is 11.0 Å². The van der Waals surface area contributed by atoms with Gasteiger partial charge in [-0.3, -0.25) is 9.59 Å². The lowest BCUT2D eigenvalue weighted by Crippen LogP contribution is -2.27. The predicted octanol–water partition coefficient (Wildman–Crippen LogP) is 4.18. The standard InChI is InChI=1S/C23H24N2O3/c1-4-21-19(18-7-5-6-8-22(18)28-21)14-24(3)23(27)17-9-10-20-16(13-17)11-12-25(20)15(2)26/h5-10,13H,4,11-12,14H2,1-3H3. The minimum atomic E-state index is -0.0311. The Kier molecular flexibility index (Phi) is 4.67. The van der Waals surface area contributed by atoms with Crippen LogP contribution in [0.4, 0.5) is 5.69 Å². The summed E-state index contributed by atoms with van der Waals surface area (Å²) in [6.45, 7) is 4.81. The minimum absolute atomic E-state index is 0.0311. The van der Waals surface area contributed by atoms with Crippen LogP contribution < -0.4 is 4.90 Å². The van der Waals surface area contributed by atoms with Crippen molar-refractivity contribution in [2.45, 2.75) is 33.2 Å². The second kappa shape index (κ2) is 7.15. The second-order valence-electron chi connectivity index (χ2n) is 7.28. The van der Waals surface area contributed by atoms with Crippen LogP contribution in [0.3, 0.4) is 0 Å². The zero-order chi connectivity index (χ0) is 19.8. The van der Waals surface area contributed by atoms with Crippen LogP contribution in [0, 0.1) is 0 Å². The molecule has 0 saturated carbocycles. The first-order valence-electron chi connectivity index (χ1n) is 9.65. The van der Waals surface area contributed by atoms with E-state index in [1.54, 1.807) is 16.7 Å². The van der Waals surface area contributed by atoms with E-state index in [9.17, 15) is 9.59 Å². The Bertz CT molecular complexity index is 1070. The number of anilines is 1. The molecule has 2 amide bonds. The molecule has 0 fully saturated rings. The van der Waals surface area contributed by atoms with Crippen molar-refractivity contribution in [1.82, 2.24) is 4.90 Å². The second-order valence-corrected chi connectivity index (χ2v) is 7.28. The number of para-hydroxylation sites is 1. The van der Waals surface area contributed by atoms with Gasteiger partial charge in [0.2, 0.25) is 5.91 Å². The maximum Gasteiger partial charge on any atom is 0.253 e. The Balaban J connectivity index is 1.59. The van der Waals surface area contributed by atoms with Crippen molar-refractivity contribution in [1.29, 1.82) is 0 Å². The molecule has 0 bridgehead atoms. The van der Waals surface area contributed by atoms with E-state index in [-0.39, 0.29) is 11.8 Å². The van der Waals surface area contributed by atoms with Gasteiger partial charge >= 0.3 is 0 Å². The highest BCUT2D eigenvalue weighted by molar-refractivity contribution is 5.98. The molecule has 0 N–H and O–H groups in total. The summed E-state index contributed by atoms with van der Waals surface area (Å²) in [5, 5.41) is 1.06. The van der Waals surface area contributed by atoms with Crippen LogP contribution in [-0.4, -0.2) is 30.3 Å². The molecule has 144 valence electrons. The Morgan fingerprint density at radius 3 is 2.71 bits per heavy atom. The fraction of sp³-hybridized carbons (Fsp3) is 0.304. The van der Waals surface area contributed by atoms with Gasteiger partial charge in [0.1, 0.15) is 11.3 Å². The number of rotatable bonds is 4. The van der Waals surface area contributed by atoms with E-state index >= 15 is 0 Å². The average molecular weight is 376 g/mol. The van der Waals surface area contributed by atoms with E-state index in [0.29, 0.717) is 18.7 Å². The molecule has 0 atom stereocenters. The number of carbonyl (C=O) groups is 2. The van der Waals surface area contributed by atoms with Crippen molar-refractivity contribution in [2.75, 3.05) is 18.5 Å². The van der Waals surface area contributed by atoms with Gasteiger partial charge in [-0.05, 0) is 36.2 Å². The van der Waals surface area contributed by atoms with Crippen molar-refractivity contribution < 1.29 is 14.0 Å². The van der Waals surface area contributed by atoms with Crippen LogP contribution >= 0.6 is 0 Å². The summed E-state index contributed by atoms with van der Waals surface area (Å²) in [6, 6.07) is 13.6. The van der Waals surface area contributed by atoms with Gasteiger partial charge in [-0.2, -0.15) is 0 Å². The number of furan rings is 1. The van der Waals surface area contributed by atoms with E-state index in [2.05, 4.69) is 6.92 Å². The molecule has 0 aliphatic carbocycles. The van der Waals surface area contributed by atoms with Crippen molar-refractivity contribution in [3.8, 4) is 0 Å². The number of benzene rings is 2. The summed E-state index contributed by atoms with van der Waals surface area (Å²) in [5.74, 6) is 0.928. The first kappa shape index (κ1) is 18.3. The molecule has 0 radical (unpaired) electrons. The molecule has 0 saturated heterocycles. The number of hydrogen-bond acceptors (Lipinski definition) is 3. The fourth-order valence-corrected chi connectivity index (χ4v) is 4.00. The normalized spacial score (nSPS) is 13.0. The Labute approximate surface area is 164 Å². The number of nitrogens with zero attached hydrogens (tertiary/aromatic N) is 2. The first-order chi connectivity index (χ1) is 13.5. The summed E-state index contributed by atoms with van der Waals surface area (Å²) >= 11 is 0. The Hall–Kier alpha value is -3.08. The van der Waals surface area contributed by atoms with Gasteiger partial charge in [0, 0.05) is 55.7 Å². The molecule has 1 aromatic heterocycles. The summed E-state index contributed by atoms with van der Waals surface area (Å²) < 4.78 is 5.95. The molecule has 4 rings (SSSR count). The largest absolute Gasteiger partial charge is 0.461 e. The molecule has 5 nitrogen and oxygen atoms in total. The molecule has 0 unspecified atom stereocenters. The first-order valence-corrected chi connectivity index (χ1v) is 9.65. The van der Waals surface area contributed by atoms with Crippen molar-refractivity contribution in [3.63, 3.8) is 0 Å². The smallest absolute Gasteiger partial charge is 0.253 e. The van der Waals surface area contributed by atoms with Crippen LogP contribution in [0.2, 0.25) is 0 Å². The van der Waals surface area contributed by atoms with Crippen LogP contribution in [-0.2, 0) is 24.2 Å². The summed E-state index contributed by atoms with van der Waals surface area (Å²) in [5.41, 5.74) is 4.55. The van der Waals surface area contributed by atoms with E-state index in [1.807, 2.05) is 49.5 Å². The SMILES string of the molecule is CCc1oc2ccccc2c1CN(C)C(=O)c1ccc2c(c1)CCN2C(C)=O. The number of carbonyl (C=O) groups excluding carboxylic acids is 2. The van der Waals surface area contributed by atoms with Gasteiger partial charge in [0.15, 0.2) is 0 Å². The van der Waals surface area contributed by atoms with E-state index in [1.165, 1.54) is 0 Å². The lowest BCUT2D eigenvalue weighted by atomic mass is 10.1. The third kappa shape index (κ3) is 3.07. The topological polar surface area (TPSA) is 53.8 Å². The molecule has 2 heterocycles. The third-order valence-corrected chi connectivity index (χ3v) is 5.45. The highest BCUT2D eigenvalue weighted by atomic mass is 16.3. The summed E-state index contributed by atoms with van der Waals surface area (Å²) in [7, 11) is 1.82. The van der Waals surface area contributed by atoms with E-state index in [0.717, 1.165) is 46.4 Å². The van der Waals surface area contributed by atoms with Crippen molar-refractivity contribution in [2.24, 2.45) is 0 Å². The zero-order valence-electron chi connectivity index (χ0n) is 16.5. The van der Waals surface area contributed by atoms with Gasteiger partial charge in [-0.15, -0.1) is 0 Å². The maximum atomic E-state index is 13.0. The number of amides is 2. The van der Waals surface area contributed by atoms with E-state index in [4.69, 9.17) is 4.42 Å².